The van der Waals surface area contributed by atoms with Gasteiger partial charge in [0.25, 0.3) is 5.91 Å². The van der Waals surface area contributed by atoms with Gasteiger partial charge in [0, 0.05) is 25.0 Å². The van der Waals surface area contributed by atoms with Crippen molar-refractivity contribution in [1.82, 2.24) is 14.9 Å². The molecule has 2 heterocycles. The van der Waals surface area contributed by atoms with Gasteiger partial charge in [-0.25, -0.2) is 9.37 Å². The van der Waals surface area contributed by atoms with Gasteiger partial charge in [0.15, 0.2) is 0 Å². The van der Waals surface area contributed by atoms with E-state index >= 15 is 0 Å². The number of nitrogens with zero attached hydrogens (tertiary/aromatic N) is 3. The number of rotatable bonds is 5. The number of hydrogen-bond acceptors (Lipinski definition) is 4. The molecule has 0 saturated heterocycles. The van der Waals surface area contributed by atoms with E-state index in [1.165, 1.54) is 17.4 Å². The average molecular weight is 355 g/mol. The van der Waals surface area contributed by atoms with Crippen LogP contribution in [0.4, 0.5) is 4.39 Å². The van der Waals surface area contributed by atoms with E-state index in [1.807, 2.05) is 25.1 Å². The van der Waals surface area contributed by atoms with Crippen molar-refractivity contribution in [1.29, 1.82) is 0 Å². The van der Waals surface area contributed by atoms with Crippen molar-refractivity contribution in [2.75, 3.05) is 7.05 Å². The van der Waals surface area contributed by atoms with Crippen LogP contribution in [0.1, 0.15) is 39.7 Å². The molecule has 0 N–H and O–H groups in total. The highest BCUT2D eigenvalue weighted by Crippen LogP contribution is 2.21. The lowest BCUT2D eigenvalue weighted by molar-refractivity contribution is 0.0734. The van der Waals surface area contributed by atoms with Crippen LogP contribution in [-0.4, -0.2) is 27.8 Å². The Balaban J connectivity index is 1.73. The summed E-state index contributed by atoms with van der Waals surface area (Å²) in [5.41, 5.74) is 1.77. The Bertz CT molecular complexity index is 866. The Morgan fingerprint density at radius 2 is 2.00 bits per heavy atom. The lowest BCUT2D eigenvalue weighted by Crippen LogP contribution is -2.30. The van der Waals surface area contributed by atoms with Gasteiger partial charge in [-0.3, -0.25) is 9.78 Å². The molecule has 1 aromatic carbocycles. The number of thiazole rings is 1. The summed E-state index contributed by atoms with van der Waals surface area (Å²) in [5, 5.41) is 2.44. The van der Waals surface area contributed by atoms with E-state index in [9.17, 15) is 9.18 Å². The van der Waals surface area contributed by atoms with Crippen molar-refractivity contribution in [3.63, 3.8) is 0 Å². The van der Waals surface area contributed by atoms with E-state index in [2.05, 4.69) is 9.97 Å². The van der Waals surface area contributed by atoms with Crippen molar-refractivity contribution in [3.8, 4) is 0 Å². The molecule has 2 aromatic heterocycles. The minimum atomic E-state index is -0.258. The molecule has 128 valence electrons. The predicted molar refractivity (Wildman–Crippen MR) is 96.1 cm³/mol. The van der Waals surface area contributed by atoms with Crippen LogP contribution in [-0.2, 0) is 6.42 Å². The molecule has 0 bridgehead atoms. The SMILES string of the molecule is CC(c1ccccn1)N(C)C(=O)c1csc(Cc2ccccc2F)n1. The Kier molecular flexibility index (Phi) is 5.19. The van der Waals surface area contributed by atoms with E-state index in [4.69, 9.17) is 0 Å². The first-order valence-electron chi connectivity index (χ1n) is 7.92. The van der Waals surface area contributed by atoms with E-state index in [0.29, 0.717) is 22.7 Å². The zero-order valence-electron chi connectivity index (χ0n) is 14.0. The van der Waals surface area contributed by atoms with Gasteiger partial charge >= 0.3 is 0 Å². The average Bonchev–Trinajstić information content (AvgIpc) is 3.11. The number of hydrogen-bond donors (Lipinski definition) is 0. The largest absolute Gasteiger partial charge is 0.332 e. The number of pyridine rings is 1. The van der Waals surface area contributed by atoms with E-state index in [-0.39, 0.29) is 17.8 Å². The summed E-state index contributed by atoms with van der Waals surface area (Å²) in [4.78, 5) is 23.0. The van der Waals surface area contributed by atoms with Crippen molar-refractivity contribution in [3.05, 3.63) is 81.8 Å². The van der Waals surface area contributed by atoms with Crippen LogP contribution in [0.2, 0.25) is 0 Å². The van der Waals surface area contributed by atoms with Crippen LogP contribution in [0.25, 0.3) is 0 Å². The number of halogens is 1. The minimum absolute atomic E-state index is 0.162. The molecule has 3 rings (SSSR count). The number of aromatic nitrogens is 2. The zero-order chi connectivity index (χ0) is 17.8. The maximum absolute atomic E-state index is 13.8. The molecule has 25 heavy (non-hydrogen) atoms. The Labute approximate surface area is 150 Å². The second kappa shape index (κ2) is 7.53. The minimum Gasteiger partial charge on any atom is -0.332 e. The Morgan fingerprint density at radius 1 is 1.24 bits per heavy atom. The van der Waals surface area contributed by atoms with Crippen LogP contribution in [0.3, 0.4) is 0 Å². The van der Waals surface area contributed by atoms with Crippen LogP contribution in [0.5, 0.6) is 0 Å². The van der Waals surface area contributed by atoms with Gasteiger partial charge in [0.1, 0.15) is 11.5 Å². The highest BCUT2D eigenvalue weighted by atomic mass is 32.1. The first kappa shape index (κ1) is 17.2. The summed E-state index contributed by atoms with van der Waals surface area (Å²) in [7, 11) is 1.73. The first-order chi connectivity index (χ1) is 12.1. The van der Waals surface area contributed by atoms with Gasteiger partial charge in [0.05, 0.1) is 16.7 Å². The molecule has 0 fully saturated rings. The summed E-state index contributed by atoms with van der Waals surface area (Å²) in [6, 6.07) is 12.1. The lowest BCUT2D eigenvalue weighted by Gasteiger charge is -2.23. The van der Waals surface area contributed by atoms with Crippen molar-refractivity contribution in [2.45, 2.75) is 19.4 Å². The number of amides is 1. The molecule has 0 aliphatic heterocycles. The van der Waals surface area contributed by atoms with Crippen molar-refractivity contribution < 1.29 is 9.18 Å². The molecule has 0 spiro atoms. The maximum Gasteiger partial charge on any atom is 0.273 e. The van der Waals surface area contributed by atoms with Gasteiger partial charge in [-0.1, -0.05) is 24.3 Å². The summed E-state index contributed by atoms with van der Waals surface area (Å²) in [6.07, 6.45) is 2.09. The third-order valence-corrected chi connectivity index (χ3v) is 4.94. The zero-order valence-corrected chi connectivity index (χ0v) is 14.8. The molecular formula is C19H18FN3OS. The van der Waals surface area contributed by atoms with E-state index in [0.717, 1.165) is 5.69 Å². The summed E-state index contributed by atoms with van der Waals surface area (Å²) in [5.74, 6) is -0.430. The second-order valence-corrected chi connectivity index (χ2v) is 6.68. The molecule has 1 unspecified atom stereocenters. The number of benzene rings is 1. The summed E-state index contributed by atoms with van der Waals surface area (Å²) < 4.78 is 13.8. The van der Waals surface area contributed by atoms with Crippen LogP contribution in [0.15, 0.2) is 54.0 Å². The third kappa shape index (κ3) is 3.91. The number of carbonyl (C=O) groups is 1. The van der Waals surface area contributed by atoms with Gasteiger partial charge in [0.2, 0.25) is 0 Å². The standard InChI is InChI=1S/C19H18FN3OS/c1-13(16-9-5-6-10-21-16)23(2)19(24)17-12-25-18(22-17)11-14-7-3-4-8-15(14)20/h3-10,12-13H,11H2,1-2H3. The molecular weight excluding hydrogens is 337 g/mol. The monoisotopic (exact) mass is 355 g/mol. The molecule has 0 aliphatic carbocycles. The van der Waals surface area contributed by atoms with Crippen LogP contribution < -0.4 is 0 Å². The first-order valence-corrected chi connectivity index (χ1v) is 8.80. The molecule has 1 atom stereocenters. The second-order valence-electron chi connectivity index (χ2n) is 5.74. The predicted octanol–water partition coefficient (Wildman–Crippen LogP) is 4.10. The molecule has 0 aliphatic rings. The highest BCUT2D eigenvalue weighted by Gasteiger charge is 2.22. The Hall–Kier alpha value is -2.60. The third-order valence-electron chi connectivity index (χ3n) is 4.09. The van der Waals surface area contributed by atoms with Gasteiger partial charge < -0.3 is 4.90 Å². The Morgan fingerprint density at radius 3 is 2.72 bits per heavy atom. The fourth-order valence-electron chi connectivity index (χ4n) is 2.47. The highest BCUT2D eigenvalue weighted by molar-refractivity contribution is 7.09. The van der Waals surface area contributed by atoms with Gasteiger partial charge in [-0.2, -0.15) is 0 Å². The van der Waals surface area contributed by atoms with Crippen molar-refractivity contribution in [2.24, 2.45) is 0 Å². The quantitative estimate of drug-likeness (QED) is 0.692. The molecule has 6 heteroatoms. The lowest BCUT2D eigenvalue weighted by atomic mass is 10.1. The molecule has 4 nitrogen and oxygen atoms in total. The van der Waals surface area contributed by atoms with Crippen LogP contribution in [0, 0.1) is 5.82 Å². The number of carbonyl (C=O) groups excluding carboxylic acids is 1. The van der Waals surface area contributed by atoms with E-state index < -0.39 is 0 Å². The van der Waals surface area contributed by atoms with Crippen molar-refractivity contribution >= 4 is 17.2 Å². The molecule has 3 aromatic rings. The summed E-state index contributed by atoms with van der Waals surface area (Å²) in [6.45, 7) is 1.92. The van der Waals surface area contributed by atoms with Crippen LogP contribution >= 0.6 is 11.3 Å². The topological polar surface area (TPSA) is 46.1 Å². The van der Waals surface area contributed by atoms with E-state index in [1.54, 1.807) is 41.7 Å². The molecule has 0 radical (unpaired) electrons. The maximum atomic E-state index is 13.8. The van der Waals surface area contributed by atoms with Gasteiger partial charge in [-0.05, 0) is 30.7 Å². The normalized spacial score (nSPS) is 12.0. The summed E-state index contributed by atoms with van der Waals surface area (Å²) >= 11 is 1.37. The smallest absolute Gasteiger partial charge is 0.273 e. The molecule has 1 amide bonds. The fraction of sp³-hybridized carbons (Fsp3) is 0.211. The fourth-order valence-corrected chi connectivity index (χ4v) is 3.26. The molecule has 0 saturated carbocycles. The van der Waals surface area contributed by atoms with Gasteiger partial charge in [-0.15, -0.1) is 11.3 Å².